The SMILES string of the molecule is CC.CC(C)(C)N.CC/C(=N\N=C(/C)N1C[C@H]2CC[C@@H](CC)[C@H]2C1)c1ccc(C2=CCC=C2)cc1C1=C[CH]1.[HH].[HH].[HH]. The predicted octanol–water partition coefficient (Wildman–Crippen LogP) is 9.04. The lowest BCUT2D eigenvalue weighted by Crippen LogP contribution is -2.28. The molecule has 0 spiro atoms. The van der Waals surface area contributed by atoms with E-state index < -0.39 is 0 Å². The lowest BCUT2D eigenvalue weighted by Gasteiger charge is -2.20. The van der Waals surface area contributed by atoms with Crippen LogP contribution in [-0.4, -0.2) is 35.1 Å². The van der Waals surface area contributed by atoms with Crippen LogP contribution in [0.2, 0.25) is 0 Å². The first kappa shape index (κ1) is 30.1. The summed E-state index contributed by atoms with van der Waals surface area (Å²) in [6, 6.07) is 6.79. The van der Waals surface area contributed by atoms with Gasteiger partial charge in [-0.15, -0.1) is 5.10 Å². The normalized spacial score (nSPS) is 24.2. The minimum absolute atomic E-state index is 0. The molecule has 1 heterocycles. The van der Waals surface area contributed by atoms with Crippen LogP contribution in [-0.2, 0) is 0 Å². The van der Waals surface area contributed by atoms with Crippen molar-refractivity contribution < 1.29 is 4.28 Å². The maximum absolute atomic E-state index is 5.35. The highest BCUT2D eigenvalue weighted by atomic mass is 15.3. The van der Waals surface area contributed by atoms with Crippen molar-refractivity contribution in [3.63, 3.8) is 0 Å². The van der Waals surface area contributed by atoms with Crippen LogP contribution in [0.3, 0.4) is 0 Å². The number of allylic oxidation sites excluding steroid dienone is 6. The number of nitrogens with two attached hydrogens (primary N) is 1. The molecule has 1 saturated carbocycles. The van der Waals surface area contributed by atoms with Gasteiger partial charge in [0, 0.05) is 34.9 Å². The molecule has 0 amide bonds. The van der Waals surface area contributed by atoms with E-state index in [1.54, 1.807) is 0 Å². The Morgan fingerprint density at radius 1 is 1.08 bits per heavy atom. The third-order valence-electron chi connectivity index (χ3n) is 7.72. The molecule has 1 aromatic carbocycles. The number of fused-ring (bicyclic) bond motifs is 1. The van der Waals surface area contributed by atoms with E-state index in [2.05, 4.69) is 74.6 Å². The van der Waals surface area contributed by atoms with Crippen LogP contribution in [0.5, 0.6) is 0 Å². The molecule has 38 heavy (non-hydrogen) atoms. The summed E-state index contributed by atoms with van der Waals surface area (Å²) in [4.78, 5) is 2.48. The zero-order chi connectivity index (χ0) is 27.9. The number of amidine groups is 1. The summed E-state index contributed by atoms with van der Waals surface area (Å²) < 4.78 is 0. The van der Waals surface area contributed by atoms with Crippen LogP contribution in [0, 0.1) is 24.2 Å². The maximum Gasteiger partial charge on any atom is 0.124 e. The fourth-order valence-electron chi connectivity index (χ4n) is 5.77. The minimum atomic E-state index is 0. The average Bonchev–Trinajstić information content (AvgIpc) is 3.26. The molecular weight excluding hydrogens is 464 g/mol. The average molecular weight is 522 g/mol. The highest BCUT2D eigenvalue weighted by molar-refractivity contribution is 6.07. The topological polar surface area (TPSA) is 54.0 Å². The van der Waals surface area contributed by atoms with Crippen molar-refractivity contribution in [2.75, 3.05) is 13.1 Å². The van der Waals surface area contributed by atoms with Crippen LogP contribution in [0.4, 0.5) is 0 Å². The molecule has 4 nitrogen and oxygen atoms in total. The van der Waals surface area contributed by atoms with Crippen LogP contribution in [0.15, 0.2) is 52.7 Å². The molecule has 213 valence electrons. The Morgan fingerprint density at radius 2 is 1.79 bits per heavy atom. The van der Waals surface area contributed by atoms with Gasteiger partial charge in [-0.05, 0) is 99.5 Å². The van der Waals surface area contributed by atoms with Crippen molar-refractivity contribution in [1.82, 2.24) is 4.90 Å². The van der Waals surface area contributed by atoms with Crippen molar-refractivity contribution in [2.24, 2.45) is 33.7 Å². The number of hydrogen-bond acceptors (Lipinski definition) is 3. The summed E-state index contributed by atoms with van der Waals surface area (Å²) in [5.74, 6) is 3.71. The molecule has 0 aromatic heterocycles. The second-order valence-electron chi connectivity index (χ2n) is 11.8. The van der Waals surface area contributed by atoms with E-state index in [-0.39, 0.29) is 9.82 Å². The Hall–Kier alpha value is -2.46. The molecule has 0 bridgehead atoms. The molecule has 2 N–H and O–H groups in total. The van der Waals surface area contributed by atoms with Gasteiger partial charge in [0.2, 0.25) is 0 Å². The van der Waals surface area contributed by atoms with E-state index in [1.807, 2.05) is 34.6 Å². The van der Waals surface area contributed by atoms with Crippen molar-refractivity contribution in [3.05, 3.63) is 65.6 Å². The number of hydrogen-bond donors (Lipinski definition) is 1. The minimum Gasteiger partial charge on any atom is -0.358 e. The van der Waals surface area contributed by atoms with Gasteiger partial charge in [0.25, 0.3) is 0 Å². The highest BCUT2D eigenvalue weighted by Gasteiger charge is 2.41. The lowest BCUT2D eigenvalue weighted by molar-refractivity contribution is 0.351. The van der Waals surface area contributed by atoms with Gasteiger partial charge in [0.1, 0.15) is 5.84 Å². The van der Waals surface area contributed by atoms with Gasteiger partial charge in [-0.1, -0.05) is 70.6 Å². The molecule has 3 atom stereocenters. The van der Waals surface area contributed by atoms with Gasteiger partial charge < -0.3 is 10.6 Å². The fraction of sp³-hybridized carbons (Fsp3) is 0.559. The standard InChI is InChI=1S/C28H34N3.C4H11N.C2H6.3H2/c1-4-20-10-13-24-17-31(18-27(20)24)19(3)29-30-28(5-2)25-15-14-23(21-8-6-7-9-21)16-26(25)22-11-12-22;1-4(2,3)5;1-2;;;/h6,8-9,11-12,14-16,20,24,27H,4-5,7,10,13,17-18H2,1-3H3;5H2,1-3H3;1-2H3;3*1H/b29-19+,30-28+;;;;;/t20-,24-,27-;;;;;/m1...../s1. The van der Waals surface area contributed by atoms with E-state index >= 15 is 0 Å². The van der Waals surface area contributed by atoms with E-state index in [0.29, 0.717) is 0 Å². The van der Waals surface area contributed by atoms with Gasteiger partial charge in [-0.3, -0.25) is 0 Å². The van der Waals surface area contributed by atoms with Crippen LogP contribution < -0.4 is 5.73 Å². The van der Waals surface area contributed by atoms with Gasteiger partial charge in [-0.25, -0.2) is 0 Å². The largest absolute Gasteiger partial charge is 0.358 e. The third kappa shape index (κ3) is 8.02. The lowest BCUT2D eigenvalue weighted by atomic mass is 9.91. The van der Waals surface area contributed by atoms with Crippen LogP contribution >= 0.6 is 0 Å². The van der Waals surface area contributed by atoms with E-state index in [0.717, 1.165) is 48.7 Å². The number of benzene rings is 1. The zero-order valence-electron chi connectivity index (χ0n) is 25.2. The maximum atomic E-state index is 5.35. The molecule has 1 radical (unpaired) electrons. The first-order valence-electron chi connectivity index (χ1n) is 14.9. The summed E-state index contributed by atoms with van der Waals surface area (Å²) in [6.07, 6.45) is 17.2. The summed E-state index contributed by atoms with van der Waals surface area (Å²) in [6.45, 7) is 18.9. The highest BCUT2D eigenvalue weighted by Crippen LogP contribution is 2.43. The zero-order valence-corrected chi connectivity index (χ0v) is 25.2. The third-order valence-corrected chi connectivity index (χ3v) is 7.72. The van der Waals surface area contributed by atoms with Crippen molar-refractivity contribution in [3.8, 4) is 0 Å². The second kappa shape index (κ2) is 13.6. The van der Waals surface area contributed by atoms with Crippen LogP contribution in [0.1, 0.15) is 108 Å². The quantitative estimate of drug-likeness (QED) is 0.231. The first-order chi connectivity index (χ1) is 18.2. The Kier molecular flexibility index (Phi) is 10.7. The fourth-order valence-corrected chi connectivity index (χ4v) is 5.77. The molecule has 0 unspecified atom stereocenters. The van der Waals surface area contributed by atoms with E-state index in [1.165, 1.54) is 53.6 Å². The molecule has 4 aliphatic rings. The second-order valence-corrected chi connectivity index (χ2v) is 11.8. The molecule has 2 fully saturated rings. The summed E-state index contributed by atoms with van der Waals surface area (Å²) >= 11 is 0. The van der Waals surface area contributed by atoms with Gasteiger partial charge in [0.15, 0.2) is 0 Å². The van der Waals surface area contributed by atoms with Gasteiger partial charge in [0.05, 0.1) is 5.71 Å². The first-order valence-corrected chi connectivity index (χ1v) is 14.9. The summed E-state index contributed by atoms with van der Waals surface area (Å²) in [7, 11) is 0. The molecular formula is C34H57N4. The molecule has 1 aromatic rings. The molecule has 4 heteroatoms. The predicted molar refractivity (Wildman–Crippen MR) is 174 cm³/mol. The molecule has 5 rings (SSSR count). The monoisotopic (exact) mass is 521 g/mol. The smallest absolute Gasteiger partial charge is 0.124 e. The van der Waals surface area contributed by atoms with Gasteiger partial charge in [-0.2, -0.15) is 5.10 Å². The summed E-state index contributed by atoms with van der Waals surface area (Å²) in [5, 5.41) is 9.51. The number of nitrogens with zero attached hydrogens (tertiary/aromatic N) is 3. The molecule has 1 aliphatic heterocycles. The van der Waals surface area contributed by atoms with Crippen molar-refractivity contribution in [2.45, 2.75) is 93.0 Å². The van der Waals surface area contributed by atoms with Crippen molar-refractivity contribution in [1.29, 1.82) is 0 Å². The van der Waals surface area contributed by atoms with E-state index in [4.69, 9.17) is 15.9 Å². The number of likely N-dealkylation sites (tertiary alicyclic amines) is 1. The number of rotatable bonds is 6. The Bertz CT molecular complexity index is 1110. The molecule has 1 saturated heterocycles. The summed E-state index contributed by atoms with van der Waals surface area (Å²) in [5.41, 5.74) is 12.9. The Labute approximate surface area is 237 Å². The van der Waals surface area contributed by atoms with Crippen molar-refractivity contribution >= 4 is 22.7 Å². The van der Waals surface area contributed by atoms with E-state index in [9.17, 15) is 0 Å². The molecule has 3 aliphatic carbocycles. The van der Waals surface area contributed by atoms with Crippen LogP contribution in [0.25, 0.3) is 11.1 Å². The van der Waals surface area contributed by atoms with Gasteiger partial charge >= 0.3 is 0 Å². The Morgan fingerprint density at radius 3 is 2.37 bits per heavy atom. The Balaban J connectivity index is 0.00000145.